The first-order valence-corrected chi connectivity index (χ1v) is 7.34. The summed E-state index contributed by atoms with van der Waals surface area (Å²) in [7, 11) is 1.36. The van der Waals surface area contributed by atoms with Crippen molar-refractivity contribution in [1.29, 1.82) is 0 Å². The molecule has 0 bridgehead atoms. The lowest BCUT2D eigenvalue weighted by molar-refractivity contribution is -0.385. The molecule has 23 heavy (non-hydrogen) atoms. The number of nitro groups is 1. The molecule has 0 aliphatic carbocycles. The number of ether oxygens (including phenoxy) is 1. The summed E-state index contributed by atoms with van der Waals surface area (Å²) >= 11 is 1.28. The molecule has 9 heteroatoms. The van der Waals surface area contributed by atoms with E-state index < -0.39 is 4.92 Å². The molecule has 0 aliphatic heterocycles. The molecule has 0 aliphatic rings. The van der Waals surface area contributed by atoms with E-state index in [0.717, 1.165) is 5.01 Å². The molecular formula is C14H14N4O4S. The van der Waals surface area contributed by atoms with Gasteiger partial charge in [0, 0.05) is 11.6 Å². The van der Waals surface area contributed by atoms with E-state index >= 15 is 0 Å². The number of rotatable bonds is 5. The number of amides is 1. The molecule has 0 unspecified atom stereocenters. The molecule has 1 aromatic heterocycles. The molecule has 120 valence electrons. The van der Waals surface area contributed by atoms with Crippen LogP contribution in [0.3, 0.4) is 0 Å². The van der Waals surface area contributed by atoms with Gasteiger partial charge in [-0.3, -0.25) is 14.9 Å². The summed E-state index contributed by atoms with van der Waals surface area (Å²) in [6.45, 7) is 3.56. The molecule has 0 atom stereocenters. The number of hydrazone groups is 1. The smallest absolute Gasteiger partial charge is 0.311 e. The van der Waals surface area contributed by atoms with Gasteiger partial charge in [-0.15, -0.1) is 11.3 Å². The van der Waals surface area contributed by atoms with E-state index in [1.54, 1.807) is 13.0 Å². The van der Waals surface area contributed by atoms with E-state index in [0.29, 0.717) is 16.1 Å². The number of benzene rings is 1. The molecule has 0 saturated heterocycles. The van der Waals surface area contributed by atoms with Crippen LogP contribution >= 0.6 is 11.3 Å². The number of hydrogen-bond acceptors (Lipinski definition) is 7. The molecule has 1 heterocycles. The summed E-state index contributed by atoms with van der Waals surface area (Å²) in [6.07, 6.45) is 1.33. The van der Waals surface area contributed by atoms with E-state index in [9.17, 15) is 14.9 Å². The van der Waals surface area contributed by atoms with Crippen LogP contribution in [0.2, 0.25) is 0 Å². The monoisotopic (exact) mass is 334 g/mol. The second-order valence-electron chi connectivity index (χ2n) is 4.53. The third-order valence-corrected chi connectivity index (χ3v) is 3.96. The predicted molar refractivity (Wildman–Crippen MR) is 86.3 cm³/mol. The van der Waals surface area contributed by atoms with Crippen molar-refractivity contribution in [1.82, 2.24) is 10.4 Å². The second-order valence-corrected chi connectivity index (χ2v) is 5.74. The fraction of sp³-hybridized carbons (Fsp3) is 0.214. The number of nitro benzene ring substituents is 1. The highest BCUT2D eigenvalue weighted by atomic mass is 32.1. The van der Waals surface area contributed by atoms with Gasteiger partial charge in [0.1, 0.15) is 4.88 Å². The van der Waals surface area contributed by atoms with Gasteiger partial charge < -0.3 is 4.74 Å². The molecule has 8 nitrogen and oxygen atoms in total. The van der Waals surface area contributed by atoms with Crippen molar-refractivity contribution in [3.05, 3.63) is 49.5 Å². The van der Waals surface area contributed by atoms with E-state index in [4.69, 9.17) is 4.74 Å². The van der Waals surface area contributed by atoms with Crippen molar-refractivity contribution < 1.29 is 14.5 Å². The predicted octanol–water partition coefficient (Wildman–Crippen LogP) is 2.44. The first-order valence-electron chi connectivity index (χ1n) is 6.52. The Morgan fingerprint density at radius 1 is 1.48 bits per heavy atom. The van der Waals surface area contributed by atoms with Crippen molar-refractivity contribution in [2.75, 3.05) is 7.11 Å². The number of methoxy groups -OCH3 is 1. The van der Waals surface area contributed by atoms with Crippen LogP contribution in [0.1, 0.15) is 25.9 Å². The summed E-state index contributed by atoms with van der Waals surface area (Å²) < 4.78 is 4.92. The Morgan fingerprint density at radius 3 is 2.78 bits per heavy atom. The first-order chi connectivity index (χ1) is 10.9. The second kappa shape index (κ2) is 6.97. The third-order valence-electron chi connectivity index (χ3n) is 2.89. The highest BCUT2D eigenvalue weighted by molar-refractivity contribution is 7.13. The number of nitrogens with one attached hydrogen (secondary N) is 1. The molecule has 0 radical (unpaired) electrons. The highest BCUT2D eigenvalue weighted by Crippen LogP contribution is 2.26. The minimum Gasteiger partial charge on any atom is -0.490 e. The Labute approximate surface area is 136 Å². The Balaban J connectivity index is 2.11. The standard InChI is InChI=1S/C14H14N4O4S/c1-8-13(23-9(2)16-8)14(19)17-15-7-10-4-5-12(22-3)11(6-10)18(20)21/h4-7H,1-3H3,(H,17,19)/b15-7+. The quantitative estimate of drug-likeness (QED) is 0.513. The van der Waals surface area contributed by atoms with Crippen LogP contribution in [-0.4, -0.2) is 29.1 Å². The Morgan fingerprint density at radius 2 is 2.22 bits per heavy atom. The fourth-order valence-electron chi connectivity index (χ4n) is 1.89. The molecular weight excluding hydrogens is 320 g/mol. The molecule has 1 aromatic carbocycles. The number of aryl methyl sites for hydroxylation is 2. The maximum atomic E-state index is 12.0. The Bertz CT molecular complexity index is 785. The van der Waals surface area contributed by atoms with Gasteiger partial charge >= 0.3 is 5.69 Å². The van der Waals surface area contributed by atoms with Crippen LogP contribution in [0.5, 0.6) is 5.75 Å². The van der Waals surface area contributed by atoms with Gasteiger partial charge in [-0.25, -0.2) is 10.4 Å². The van der Waals surface area contributed by atoms with E-state index in [1.807, 2.05) is 6.92 Å². The van der Waals surface area contributed by atoms with Gasteiger partial charge in [-0.05, 0) is 26.0 Å². The lowest BCUT2D eigenvalue weighted by Gasteiger charge is -2.02. The topological polar surface area (TPSA) is 107 Å². The average molecular weight is 334 g/mol. The SMILES string of the molecule is COc1ccc(/C=N/NC(=O)c2sc(C)nc2C)cc1[N+](=O)[O-]. The molecule has 0 fully saturated rings. The number of carbonyl (C=O) groups is 1. The van der Waals surface area contributed by atoms with Crippen LogP contribution in [0.4, 0.5) is 5.69 Å². The number of aromatic nitrogens is 1. The van der Waals surface area contributed by atoms with Gasteiger partial charge in [0.05, 0.1) is 28.9 Å². The van der Waals surface area contributed by atoms with E-state index in [2.05, 4.69) is 15.5 Å². The molecule has 2 rings (SSSR count). The summed E-state index contributed by atoms with van der Waals surface area (Å²) in [4.78, 5) is 27.0. The average Bonchev–Trinajstić information content (AvgIpc) is 2.85. The first kappa shape index (κ1) is 16.6. The zero-order valence-corrected chi connectivity index (χ0v) is 13.5. The highest BCUT2D eigenvalue weighted by Gasteiger charge is 2.15. The van der Waals surface area contributed by atoms with E-state index in [-0.39, 0.29) is 17.3 Å². The summed E-state index contributed by atoms with van der Waals surface area (Å²) in [6, 6.07) is 4.39. The van der Waals surface area contributed by atoms with Crippen LogP contribution in [0.15, 0.2) is 23.3 Å². The van der Waals surface area contributed by atoms with Crippen molar-refractivity contribution in [3.8, 4) is 5.75 Å². The fourth-order valence-corrected chi connectivity index (χ4v) is 2.70. The minimum absolute atomic E-state index is 0.159. The minimum atomic E-state index is -0.543. The summed E-state index contributed by atoms with van der Waals surface area (Å²) in [5.74, 6) is -0.209. The van der Waals surface area contributed by atoms with Gasteiger partial charge in [0.2, 0.25) is 0 Å². The van der Waals surface area contributed by atoms with Gasteiger partial charge in [-0.2, -0.15) is 5.10 Å². The van der Waals surface area contributed by atoms with Crippen molar-refractivity contribution in [3.63, 3.8) is 0 Å². The van der Waals surface area contributed by atoms with Gasteiger partial charge in [-0.1, -0.05) is 0 Å². The largest absolute Gasteiger partial charge is 0.490 e. The zero-order valence-electron chi connectivity index (χ0n) is 12.7. The Kier molecular flexibility index (Phi) is 5.02. The van der Waals surface area contributed by atoms with Crippen LogP contribution < -0.4 is 10.2 Å². The molecule has 0 spiro atoms. The zero-order chi connectivity index (χ0) is 17.0. The number of hydrogen-bond donors (Lipinski definition) is 1. The maximum absolute atomic E-state index is 12.0. The number of nitrogens with zero attached hydrogens (tertiary/aromatic N) is 3. The third kappa shape index (κ3) is 3.89. The lowest BCUT2D eigenvalue weighted by Crippen LogP contribution is -2.17. The molecule has 1 N–H and O–H groups in total. The number of thiazole rings is 1. The van der Waals surface area contributed by atoms with Crippen molar-refractivity contribution in [2.45, 2.75) is 13.8 Å². The van der Waals surface area contributed by atoms with E-state index in [1.165, 1.54) is 36.8 Å². The number of carbonyl (C=O) groups excluding carboxylic acids is 1. The van der Waals surface area contributed by atoms with Crippen molar-refractivity contribution >= 4 is 29.1 Å². The maximum Gasteiger partial charge on any atom is 0.311 e. The van der Waals surface area contributed by atoms with Crippen molar-refractivity contribution in [2.24, 2.45) is 5.10 Å². The molecule has 0 saturated carbocycles. The van der Waals surface area contributed by atoms with Gasteiger partial charge in [0.15, 0.2) is 5.75 Å². The molecule has 2 aromatic rings. The summed E-state index contributed by atoms with van der Waals surface area (Å²) in [5, 5.41) is 15.6. The normalized spacial score (nSPS) is 10.7. The van der Waals surface area contributed by atoms with Crippen LogP contribution in [0.25, 0.3) is 0 Å². The van der Waals surface area contributed by atoms with Crippen LogP contribution in [-0.2, 0) is 0 Å². The van der Waals surface area contributed by atoms with Crippen LogP contribution in [0, 0.1) is 24.0 Å². The summed E-state index contributed by atoms with van der Waals surface area (Å²) in [5.41, 5.74) is 3.32. The lowest BCUT2D eigenvalue weighted by atomic mass is 10.2. The Hall–Kier alpha value is -2.81. The van der Waals surface area contributed by atoms with Gasteiger partial charge in [0.25, 0.3) is 5.91 Å². The molecule has 1 amide bonds.